The van der Waals surface area contributed by atoms with Gasteiger partial charge in [-0.2, -0.15) is 0 Å². The van der Waals surface area contributed by atoms with Crippen LogP contribution < -0.4 is 4.90 Å². The number of nitrogens with zero attached hydrogens (tertiary/aromatic N) is 3. The molecule has 1 saturated heterocycles. The molecule has 0 radical (unpaired) electrons. The second-order valence-corrected chi connectivity index (χ2v) is 7.00. The predicted molar refractivity (Wildman–Crippen MR) is 95.4 cm³/mol. The molecule has 5 nitrogen and oxygen atoms in total. The van der Waals surface area contributed by atoms with Crippen LogP contribution in [-0.4, -0.2) is 55.2 Å². The third-order valence-corrected chi connectivity index (χ3v) is 5.72. The summed E-state index contributed by atoms with van der Waals surface area (Å²) in [6.45, 7) is 6.57. The Labute approximate surface area is 145 Å². The highest BCUT2D eigenvalue weighted by atomic mass is 16.5. The molecule has 24 heavy (non-hydrogen) atoms. The number of aromatic nitrogens is 1. The third-order valence-electron chi connectivity index (χ3n) is 5.72. The summed E-state index contributed by atoms with van der Waals surface area (Å²) in [5.41, 5.74) is 0.507. The zero-order valence-corrected chi connectivity index (χ0v) is 14.9. The number of hydrogen-bond acceptors (Lipinski definition) is 5. The average Bonchev–Trinajstić information content (AvgIpc) is 2.68. The Hall–Kier alpha value is -1.62. The van der Waals surface area contributed by atoms with Gasteiger partial charge in [0.15, 0.2) is 0 Å². The minimum Gasteiger partial charge on any atom is -0.465 e. The highest BCUT2D eigenvalue weighted by molar-refractivity contribution is 5.89. The fourth-order valence-corrected chi connectivity index (χ4v) is 4.05. The lowest BCUT2D eigenvalue weighted by Gasteiger charge is -2.42. The molecule has 2 heterocycles. The minimum absolute atomic E-state index is 0.332. The van der Waals surface area contributed by atoms with Gasteiger partial charge in [0, 0.05) is 38.4 Å². The smallest absolute Gasteiger partial charge is 0.339 e. The van der Waals surface area contributed by atoms with Gasteiger partial charge in [-0.05, 0) is 43.7 Å². The summed E-state index contributed by atoms with van der Waals surface area (Å²) < 4.78 is 4.72. The van der Waals surface area contributed by atoms with Gasteiger partial charge in [-0.3, -0.25) is 4.90 Å². The van der Waals surface area contributed by atoms with Crippen molar-refractivity contribution in [1.29, 1.82) is 0 Å². The highest BCUT2D eigenvalue weighted by Crippen LogP contribution is 2.30. The lowest BCUT2D eigenvalue weighted by Crippen LogP contribution is -2.51. The van der Waals surface area contributed by atoms with Gasteiger partial charge in [0.2, 0.25) is 0 Å². The number of methoxy groups -OCH3 is 1. The van der Waals surface area contributed by atoms with E-state index in [2.05, 4.69) is 21.7 Å². The number of carbonyl (C=O) groups is 1. The molecule has 3 rings (SSSR count). The van der Waals surface area contributed by atoms with Gasteiger partial charge in [-0.1, -0.05) is 13.3 Å². The Kier molecular flexibility index (Phi) is 5.72. The first-order valence-corrected chi connectivity index (χ1v) is 9.24. The fraction of sp³-hybridized carbons (Fsp3) is 0.684. The van der Waals surface area contributed by atoms with Crippen LogP contribution in [0.3, 0.4) is 0 Å². The molecule has 0 atom stereocenters. The van der Waals surface area contributed by atoms with Crippen molar-refractivity contribution >= 4 is 11.8 Å². The molecule has 1 aromatic rings. The van der Waals surface area contributed by atoms with Crippen molar-refractivity contribution in [2.45, 2.75) is 45.1 Å². The van der Waals surface area contributed by atoms with Crippen LogP contribution in [0.5, 0.6) is 0 Å². The van der Waals surface area contributed by atoms with Crippen LogP contribution in [0.15, 0.2) is 18.3 Å². The average molecular weight is 331 g/mol. The Bertz CT molecular complexity index is 530. The molecular formula is C19H29N3O2. The van der Waals surface area contributed by atoms with Gasteiger partial charge in [0.05, 0.1) is 12.7 Å². The molecule has 2 aliphatic rings. The quantitative estimate of drug-likeness (QED) is 0.794. The van der Waals surface area contributed by atoms with Crippen LogP contribution in [0, 0.1) is 5.92 Å². The van der Waals surface area contributed by atoms with Crippen molar-refractivity contribution in [1.82, 2.24) is 9.88 Å². The Morgan fingerprint density at radius 3 is 2.42 bits per heavy atom. The van der Waals surface area contributed by atoms with Gasteiger partial charge >= 0.3 is 5.97 Å². The van der Waals surface area contributed by atoms with Crippen LogP contribution in [0.1, 0.15) is 49.4 Å². The fourth-order valence-electron chi connectivity index (χ4n) is 4.05. The van der Waals surface area contributed by atoms with Gasteiger partial charge in [0.25, 0.3) is 0 Å². The molecule has 0 unspecified atom stereocenters. The molecule has 5 heteroatoms. The van der Waals surface area contributed by atoms with E-state index in [1.54, 1.807) is 12.3 Å². The maximum Gasteiger partial charge on any atom is 0.339 e. The first-order chi connectivity index (χ1) is 11.7. The Morgan fingerprint density at radius 2 is 1.88 bits per heavy atom. The van der Waals surface area contributed by atoms with E-state index < -0.39 is 0 Å². The van der Waals surface area contributed by atoms with Crippen LogP contribution in [0.25, 0.3) is 0 Å². The van der Waals surface area contributed by atoms with Crippen LogP contribution >= 0.6 is 0 Å². The summed E-state index contributed by atoms with van der Waals surface area (Å²) in [6.07, 6.45) is 8.48. The normalized spacial score (nSPS) is 25.5. The third kappa shape index (κ3) is 3.89. The monoisotopic (exact) mass is 331 g/mol. The summed E-state index contributed by atoms with van der Waals surface area (Å²) in [4.78, 5) is 20.9. The molecule has 0 spiro atoms. The SMILES string of the molecule is CCC1CCC(N2CCN(c3ccc(C(=O)OC)cn3)CC2)CC1. The standard InChI is InChI=1S/C19H29N3O2/c1-3-15-4-7-17(8-5-15)21-10-12-22(13-11-21)18-9-6-16(14-20-18)19(23)24-2/h6,9,14-15,17H,3-5,7-8,10-13H2,1-2H3. The van der Waals surface area contributed by atoms with Crippen LogP contribution in [0.2, 0.25) is 0 Å². The van der Waals surface area contributed by atoms with E-state index in [-0.39, 0.29) is 5.97 Å². The summed E-state index contributed by atoms with van der Waals surface area (Å²) in [5.74, 6) is 1.58. The van der Waals surface area contributed by atoms with E-state index in [4.69, 9.17) is 4.74 Å². The topological polar surface area (TPSA) is 45.7 Å². The van der Waals surface area contributed by atoms with Gasteiger partial charge in [0.1, 0.15) is 5.82 Å². The summed E-state index contributed by atoms with van der Waals surface area (Å²) in [7, 11) is 1.39. The van der Waals surface area contributed by atoms with Gasteiger partial charge < -0.3 is 9.64 Å². The van der Waals surface area contributed by atoms with Crippen molar-refractivity contribution < 1.29 is 9.53 Å². The van der Waals surface area contributed by atoms with Gasteiger partial charge in [-0.25, -0.2) is 9.78 Å². The highest BCUT2D eigenvalue weighted by Gasteiger charge is 2.28. The number of rotatable bonds is 4. The van der Waals surface area contributed by atoms with Crippen molar-refractivity contribution in [3.8, 4) is 0 Å². The predicted octanol–water partition coefficient (Wildman–Crippen LogP) is 2.96. The molecular weight excluding hydrogens is 302 g/mol. The maximum atomic E-state index is 11.5. The van der Waals surface area contributed by atoms with Crippen molar-refractivity contribution in [3.05, 3.63) is 23.9 Å². The molecule has 1 aliphatic heterocycles. The maximum absolute atomic E-state index is 11.5. The number of ether oxygens (including phenoxy) is 1. The number of esters is 1. The molecule has 1 aromatic heterocycles. The second-order valence-electron chi connectivity index (χ2n) is 7.00. The van der Waals surface area contributed by atoms with E-state index in [1.807, 2.05) is 6.07 Å². The molecule has 0 amide bonds. The summed E-state index contributed by atoms with van der Waals surface area (Å²) in [5, 5.41) is 0. The number of anilines is 1. The van der Waals surface area contributed by atoms with Gasteiger partial charge in [-0.15, -0.1) is 0 Å². The van der Waals surface area contributed by atoms with E-state index >= 15 is 0 Å². The molecule has 1 aliphatic carbocycles. The molecule has 0 aromatic carbocycles. The summed E-state index contributed by atoms with van der Waals surface area (Å²) in [6, 6.07) is 4.51. The lowest BCUT2D eigenvalue weighted by atomic mass is 9.84. The van der Waals surface area contributed by atoms with Crippen molar-refractivity contribution in [3.63, 3.8) is 0 Å². The Morgan fingerprint density at radius 1 is 1.17 bits per heavy atom. The molecule has 0 N–H and O–H groups in total. The second kappa shape index (κ2) is 7.97. The van der Waals surface area contributed by atoms with E-state index in [0.717, 1.165) is 44.0 Å². The lowest BCUT2D eigenvalue weighted by molar-refractivity contribution is 0.0600. The first kappa shape index (κ1) is 17.2. The van der Waals surface area contributed by atoms with E-state index in [9.17, 15) is 4.79 Å². The van der Waals surface area contributed by atoms with Crippen LogP contribution in [0.4, 0.5) is 5.82 Å². The summed E-state index contributed by atoms with van der Waals surface area (Å²) >= 11 is 0. The molecule has 0 bridgehead atoms. The van der Waals surface area contributed by atoms with E-state index in [0.29, 0.717) is 5.56 Å². The number of piperazine rings is 1. The minimum atomic E-state index is -0.332. The molecule has 1 saturated carbocycles. The number of pyridine rings is 1. The molecule has 132 valence electrons. The zero-order valence-electron chi connectivity index (χ0n) is 14.9. The first-order valence-electron chi connectivity index (χ1n) is 9.24. The molecule has 2 fully saturated rings. The van der Waals surface area contributed by atoms with E-state index in [1.165, 1.54) is 39.2 Å². The van der Waals surface area contributed by atoms with Crippen molar-refractivity contribution in [2.24, 2.45) is 5.92 Å². The largest absolute Gasteiger partial charge is 0.465 e. The zero-order chi connectivity index (χ0) is 16.9. The van der Waals surface area contributed by atoms with Crippen LogP contribution in [-0.2, 0) is 4.74 Å². The van der Waals surface area contributed by atoms with Crippen molar-refractivity contribution in [2.75, 3.05) is 38.2 Å². The Balaban J connectivity index is 1.51. The number of hydrogen-bond donors (Lipinski definition) is 0. The number of carbonyl (C=O) groups excluding carboxylic acids is 1.